The number of anilines is 1. The largest absolute Gasteiger partial charge is 0.490 e. The van der Waals surface area contributed by atoms with E-state index in [-0.39, 0.29) is 28.0 Å². The van der Waals surface area contributed by atoms with Crippen molar-refractivity contribution in [3.63, 3.8) is 0 Å². The Morgan fingerprint density at radius 1 is 1.00 bits per heavy atom. The molecule has 1 amide bonds. The molecule has 214 valence electrons. The quantitative estimate of drug-likeness (QED) is 0.209. The topological polar surface area (TPSA) is 69.0 Å². The van der Waals surface area contributed by atoms with Crippen molar-refractivity contribution in [2.45, 2.75) is 39.4 Å². The molecule has 4 aromatic rings. The van der Waals surface area contributed by atoms with Crippen molar-refractivity contribution in [2.24, 2.45) is 5.92 Å². The van der Waals surface area contributed by atoms with Crippen molar-refractivity contribution >= 4 is 34.2 Å². The number of hydrogen-bond acceptors (Lipinski definition) is 5. The van der Waals surface area contributed by atoms with Gasteiger partial charge in [0.1, 0.15) is 5.58 Å². The Labute approximate surface area is 239 Å². The van der Waals surface area contributed by atoms with E-state index >= 15 is 0 Å². The molecule has 1 aliphatic heterocycles. The van der Waals surface area contributed by atoms with Crippen molar-refractivity contribution in [3.05, 3.63) is 98.4 Å². The van der Waals surface area contributed by atoms with Gasteiger partial charge in [0.05, 0.1) is 35.8 Å². The van der Waals surface area contributed by atoms with E-state index in [1.54, 1.807) is 25.1 Å². The third-order valence-electron chi connectivity index (χ3n) is 6.82. The summed E-state index contributed by atoms with van der Waals surface area (Å²) in [5.41, 5.74) is -0.914. The molecule has 0 N–H and O–H groups in total. The van der Waals surface area contributed by atoms with Crippen LogP contribution < -0.4 is 19.8 Å². The summed E-state index contributed by atoms with van der Waals surface area (Å²) in [6, 6.07) is 12.7. The maximum atomic E-state index is 13.9. The normalized spacial score (nSPS) is 15.1. The first-order chi connectivity index (χ1) is 19.5. The maximum absolute atomic E-state index is 13.9. The van der Waals surface area contributed by atoms with Crippen LogP contribution in [0.3, 0.4) is 0 Å². The molecule has 1 unspecified atom stereocenters. The molecule has 0 fully saturated rings. The fourth-order valence-corrected chi connectivity index (χ4v) is 5.02. The van der Waals surface area contributed by atoms with Crippen LogP contribution >= 0.6 is 11.6 Å². The second kappa shape index (κ2) is 11.1. The summed E-state index contributed by atoms with van der Waals surface area (Å²) in [5, 5.41) is 0.445. The summed E-state index contributed by atoms with van der Waals surface area (Å²) in [7, 11) is 0. The molecule has 0 bridgehead atoms. The molecule has 10 heteroatoms. The molecule has 1 aliphatic rings. The van der Waals surface area contributed by atoms with Crippen molar-refractivity contribution in [1.29, 1.82) is 0 Å². The van der Waals surface area contributed by atoms with Gasteiger partial charge >= 0.3 is 6.18 Å². The number of rotatable bonds is 8. The number of ether oxygens (including phenoxy) is 2. The van der Waals surface area contributed by atoms with Gasteiger partial charge in [-0.3, -0.25) is 14.5 Å². The average molecular weight is 586 g/mol. The lowest BCUT2D eigenvalue weighted by Crippen LogP contribution is -2.29. The van der Waals surface area contributed by atoms with E-state index in [0.29, 0.717) is 41.2 Å². The van der Waals surface area contributed by atoms with Crippen LogP contribution in [0.1, 0.15) is 60.5 Å². The van der Waals surface area contributed by atoms with E-state index in [9.17, 15) is 22.8 Å². The Bertz CT molecular complexity index is 1680. The maximum Gasteiger partial charge on any atom is 0.416 e. The number of carbonyl (C=O) groups excluding carboxylic acids is 1. The molecule has 5 rings (SSSR count). The van der Waals surface area contributed by atoms with Crippen LogP contribution in [0, 0.1) is 5.92 Å². The first-order valence-electron chi connectivity index (χ1n) is 13.2. The van der Waals surface area contributed by atoms with Gasteiger partial charge in [0.25, 0.3) is 5.91 Å². The molecule has 3 aromatic carbocycles. The van der Waals surface area contributed by atoms with E-state index in [1.165, 1.54) is 30.3 Å². The van der Waals surface area contributed by atoms with Crippen LogP contribution in [0.5, 0.6) is 11.5 Å². The molecule has 6 nitrogen and oxygen atoms in total. The van der Waals surface area contributed by atoms with E-state index in [0.717, 1.165) is 23.5 Å². The lowest BCUT2D eigenvalue weighted by atomic mass is 9.97. The van der Waals surface area contributed by atoms with Crippen molar-refractivity contribution in [1.82, 2.24) is 0 Å². The molecule has 0 saturated heterocycles. The first-order valence-corrected chi connectivity index (χ1v) is 13.5. The number of benzene rings is 3. The van der Waals surface area contributed by atoms with Crippen molar-refractivity contribution in [2.75, 3.05) is 18.1 Å². The molecule has 0 radical (unpaired) electrons. The van der Waals surface area contributed by atoms with Crippen LogP contribution in [-0.4, -0.2) is 19.1 Å². The van der Waals surface area contributed by atoms with Gasteiger partial charge in [-0.1, -0.05) is 37.6 Å². The Morgan fingerprint density at radius 3 is 2.49 bits per heavy atom. The monoisotopic (exact) mass is 585 g/mol. The lowest BCUT2D eigenvalue weighted by Gasteiger charge is -2.26. The number of nitrogens with zero attached hydrogens (tertiary/aromatic N) is 1. The fourth-order valence-electron chi connectivity index (χ4n) is 4.85. The summed E-state index contributed by atoms with van der Waals surface area (Å²) in [5.74, 6) is 0.293. The highest BCUT2D eigenvalue weighted by molar-refractivity contribution is 6.31. The summed E-state index contributed by atoms with van der Waals surface area (Å²) in [6.45, 7) is 6.73. The molecule has 2 heterocycles. The number of carbonyl (C=O) groups is 1. The van der Waals surface area contributed by atoms with Crippen molar-refractivity contribution in [3.8, 4) is 11.5 Å². The first kappa shape index (κ1) is 28.5. The molecule has 1 aromatic heterocycles. The highest BCUT2D eigenvalue weighted by Crippen LogP contribution is 2.44. The Kier molecular flexibility index (Phi) is 7.74. The van der Waals surface area contributed by atoms with E-state index in [1.807, 2.05) is 0 Å². The Hall–Kier alpha value is -3.98. The number of amides is 1. The zero-order chi connectivity index (χ0) is 29.5. The van der Waals surface area contributed by atoms with Gasteiger partial charge < -0.3 is 13.9 Å². The number of fused-ring (bicyclic) bond motifs is 2. The number of alkyl halides is 3. The Balaban J connectivity index is 1.71. The minimum Gasteiger partial charge on any atom is -0.490 e. The predicted octanol–water partition coefficient (Wildman–Crippen LogP) is 8.04. The third kappa shape index (κ3) is 5.51. The minimum absolute atomic E-state index is 0.00176. The summed E-state index contributed by atoms with van der Waals surface area (Å²) >= 11 is 6.15. The van der Waals surface area contributed by atoms with Crippen molar-refractivity contribution < 1.29 is 31.9 Å². The highest BCUT2D eigenvalue weighted by Gasteiger charge is 2.44. The van der Waals surface area contributed by atoms with Gasteiger partial charge in [-0.15, -0.1) is 0 Å². The van der Waals surface area contributed by atoms with Gasteiger partial charge in [-0.25, -0.2) is 0 Å². The van der Waals surface area contributed by atoms with Crippen LogP contribution in [0.25, 0.3) is 11.0 Å². The second-order valence-corrected chi connectivity index (χ2v) is 10.5. The fraction of sp³-hybridized carbons (Fsp3) is 0.290. The van der Waals surface area contributed by atoms with Crippen LogP contribution in [0.4, 0.5) is 18.9 Å². The SMILES string of the molecule is CCOc1cc(C2c3c(oc4ccc(Cl)cc4c3=O)C(=O)N2c2cccc(C(F)(F)F)c2)ccc1OCCC(C)C. The molecule has 41 heavy (non-hydrogen) atoms. The van der Waals surface area contributed by atoms with Gasteiger partial charge in [-0.05, 0) is 73.4 Å². The van der Waals surface area contributed by atoms with E-state index in [2.05, 4.69) is 13.8 Å². The van der Waals surface area contributed by atoms with Crippen LogP contribution in [-0.2, 0) is 6.18 Å². The smallest absolute Gasteiger partial charge is 0.416 e. The van der Waals surface area contributed by atoms with E-state index < -0.39 is 29.1 Å². The number of hydrogen-bond donors (Lipinski definition) is 0. The molecular formula is C31H27ClF3NO5. The summed E-state index contributed by atoms with van der Waals surface area (Å²) < 4.78 is 58.6. The Morgan fingerprint density at radius 2 is 1.78 bits per heavy atom. The van der Waals surface area contributed by atoms with Gasteiger partial charge in [0, 0.05) is 10.7 Å². The van der Waals surface area contributed by atoms with Gasteiger partial charge in [0.2, 0.25) is 5.76 Å². The summed E-state index contributed by atoms with van der Waals surface area (Å²) in [6.07, 6.45) is -3.82. The third-order valence-corrected chi connectivity index (χ3v) is 7.06. The zero-order valence-electron chi connectivity index (χ0n) is 22.5. The molecule has 1 atom stereocenters. The molecule has 0 aliphatic carbocycles. The van der Waals surface area contributed by atoms with Gasteiger partial charge in [-0.2, -0.15) is 13.2 Å². The summed E-state index contributed by atoms with van der Waals surface area (Å²) in [4.78, 5) is 28.8. The molecule has 0 spiro atoms. The minimum atomic E-state index is -4.64. The standard InChI is InChI=1S/C31H27ClF3NO5/c1-4-39-25-14-18(8-10-24(25)40-13-12-17(2)3)27-26-28(37)22-16-20(32)9-11-23(22)41-29(26)30(38)36(27)21-7-5-6-19(15-21)31(33,34)35/h5-11,14-17,27H,4,12-13H2,1-3H3. The van der Waals surface area contributed by atoms with Crippen LogP contribution in [0.15, 0.2) is 69.9 Å². The zero-order valence-corrected chi connectivity index (χ0v) is 23.3. The highest BCUT2D eigenvalue weighted by atomic mass is 35.5. The lowest BCUT2D eigenvalue weighted by molar-refractivity contribution is -0.137. The number of halogens is 4. The second-order valence-electron chi connectivity index (χ2n) is 10.1. The van der Waals surface area contributed by atoms with E-state index in [4.69, 9.17) is 25.5 Å². The molecule has 0 saturated carbocycles. The average Bonchev–Trinajstić information content (AvgIpc) is 3.22. The molecular weight excluding hydrogens is 559 g/mol. The predicted molar refractivity (Wildman–Crippen MR) is 150 cm³/mol. The van der Waals surface area contributed by atoms with Gasteiger partial charge in [0.15, 0.2) is 16.9 Å². The van der Waals surface area contributed by atoms with Crippen LogP contribution in [0.2, 0.25) is 5.02 Å².